The first kappa shape index (κ1) is 21.3. The Hall–Kier alpha value is -3.38. The molecular weight excluding hydrogens is 398 g/mol. The fourth-order valence-corrected chi connectivity index (χ4v) is 3.72. The van der Waals surface area contributed by atoms with Gasteiger partial charge in [0.15, 0.2) is 16.1 Å². The van der Waals surface area contributed by atoms with E-state index in [2.05, 4.69) is 5.32 Å². The highest BCUT2D eigenvalue weighted by Gasteiger charge is 2.14. The van der Waals surface area contributed by atoms with Crippen molar-refractivity contribution in [2.45, 2.75) is 4.90 Å². The molecule has 0 aliphatic rings. The summed E-state index contributed by atoms with van der Waals surface area (Å²) in [6.45, 7) is 0.391. The molecule has 0 spiro atoms. The third kappa shape index (κ3) is 5.15. The van der Waals surface area contributed by atoms with Gasteiger partial charge in [0.1, 0.15) is 5.75 Å². The van der Waals surface area contributed by atoms with Crippen LogP contribution in [-0.4, -0.2) is 34.6 Å². The summed E-state index contributed by atoms with van der Waals surface area (Å²) in [6.07, 6.45) is 2.00. The summed E-state index contributed by atoms with van der Waals surface area (Å²) in [6, 6.07) is 23.5. The minimum atomic E-state index is -3.30. The van der Waals surface area contributed by atoms with Gasteiger partial charge in [-0.25, -0.2) is 8.42 Å². The zero-order chi connectivity index (χ0) is 21.6. The highest BCUT2D eigenvalue weighted by atomic mass is 32.2. The van der Waals surface area contributed by atoms with Crippen LogP contribution >= 0.6 is 0 Å². The summed E-state index contributed by atoms with van der Waals surface area (Å²) < 4.78 is 28.8. The zero-order valence-corrected chi connectivity index (χ0v) is 17.6. The van der Waals surface area contributed by atoms with Crippen LogP contribution in [0, 0.1) is 0 Å². The zero-order valence-electron chi connectivity index (χ0n) is 16.8. The van der Waals surface area contributed by atoms with Gasteiger partial charge in [0.25, 0.3) is 0 Å². The van der Waals surface area contributed by atoms with Crippen molar-refractivity contribution in [1.82, 2.24) is 0 Å². The Kier molecular flexibility index (Phi) is 6.69. The second kappa shape index (κ2) is 9.41. The number of hydrogen-bond donors (Lipinski definition) is 1. The van der Waals surface area contributed by atoms with Crippen LogP contribution in [0.15, 0.2) is 83.8 Å². The van der Waals surface area contributed by atoms with E-state index < -0.39 is 9.84 Å². The normalized spacial score (nSPS) is 12.1. The predicted molar refractivity (Wildman–Crippen MR) is 120 cm³/mol. The van der Waals surface area contributed by atoms with Gasteiger partial charge in [-0.1, -0.05) is 42.5 Å². The summed E-state index contributed by atoms with van der Waals surface area (Å²) >= 11 is 0. The standard InChI is InChI=1S/C24H23NO4S/c1-29-21-12-8-19(9-13-21)24(17-26)23(16-25-20-6-4-3-5-7-20)18-10-14-22(15-11-18)30(2,27)28/h3-15,17,25H,16H2,1-2H3/b24-23-. The van der Waals surface area contributed by atoms with Crippen LogP contribution in [0.3, 0.4) is 0 Å². The van der Waals surface area contributed by atoms with E-state index in [0.717, 1.165) is 28.7 Å². The summed E-state index contributed by atoms with van der Waals surface area (Å²) in [5, 5.41) is 3.34. The number of carbonyl (C=O) groups is 1. The molecule has 5 nitrogen and oxygen atoms in total. The molecule has 6 heteroatoms. The average Bonchev–Trinajstić information content (AvgIpc) is 2.77. The van der Waals surface area contributed by atoms with E-state index in [-0.39, 0.29) is 4.90 Å². The van der Waals surface area contributed by atoms with E-state index in [1.165, 1.54) is 6.26 Å². The first-order valence-electron chi connectivity index (χ1n) is 9.34. The molecule has 0 bridgehead atoms. The topological polar surface area (TPSA) is 72.5 Å². The molecule has 154 valence electrons. The molecule has 3 rings (SSSR count). The van der Waals surface area contributed by atoms with Gasteiger partial charge in [0.05, 0.1) is 12.0 Å². The first-order chi connectivity index (χ1) is 14.4. The Labute approximate surface area is 176 Å². The Bertz CT molecular complexity index is 1130. The number of para-hydroxylation sites is 1. The smallest absolute Gasteiger partial charge is 0.175 e. The minimum Gasteiger partial charge on any atom is -0.497 e. The molecule has 3 aromatic rings. The third-order valence-corrected chi connectivity index (χ3v) is 5.85. The van der Waals surface area contributed by atoms with Crippen molar-refractivity contribution in [1.29, 1.82) is 0 Å². The van der Waals surface area contributed by atoms with Crippen molar-refractivity contribution in [2.75, 3.05) is 25.2 Å². The molecule has 30 heavy (non-hydrogen) atoms. The van der Waals surface area contributed by atoms with Crippen molar-refractivity contribution in [2.24, 2.45) is 0 Å². The van der Waals surface area contributed by atoms with E-state index in [1.807, 2.05) is 42.5 Å². The van der Waals surface area contributed by atoms with Gasteiger partial charge in [0, 0.05) is 24.1 Å². The molecule has 0 amide bonds. The van der Waals surface area contributed by atoms with Gasteiger partial charge in [-0.3, -0.25) is 4.79 Å². The van der Waals surface area contributed by atoms with Crippen molar-refractivity contribution in [3.05, 3.63) is 90.0 Å². The number of carbonyl (C=O) groups excluding carboxylic acids is 1. The monoisotopic (exact) mass is 421 g/mol. The van der Waals surface area contributed by atoms with E-state index in [9.17, 15) is 13.2 Å². The molecule has 0 saturated heterocycles. The van der Waals surface area contributed by atoms with Crippen LogP contribution < -0.4 is 10.1 Å². The fourth-order valence-electron chi connectivity index (χ4n) is 3.09. The Morgan fingerprint density at radius 3 is 2.03 bits per heavy atom. The lowest BCUT2D eigenvalue weighted by Crippen LogP contribution is -2.08. The molecule has 0 fully saturated rings. The highest BCUT2D eigenvalue weighted by molar-refractivity contribution is 7.90. The van der Waals surface area contributed by atoms with E-state index in [4.69, 9.17) is 4.74 Å². The summed E-state index contributed by atoms with van der Waals surface area (Å²) in [5.74, 6) is 0.700. The second-order valence-corrected chi connectivity index (χ2v) is 8.77. The average molecular weight is 422 g/mol. The van der Waals surface area contributed by atoms with E-state index >= 15 is 0 Å². The maximum Gasteiger partial charge on any atom is 0.175 e. The number of benzene rings is 3. The molecule has 0 aliphatic heterocycles. The van der Waals surface area contributed by atoms with Crippen molar-refractivity contribution in [3.8, 4) is 5.75 Å². The first-order valence-corrected chi connectivity index (χ1v) is 11.2. The molecule has 0 aromatic heterocycles. The quantitative estimate of drug-likeness (QED) is 0.333. The predicted octanol–water partition coefficient (Wildman–Crippen LogP) is 4.32. The molecule has 1 N–H and O–H groups in total. The summed E-state index contributed by atoms with van der Waals surface area (Å²) in [4.78, 5) is 12.3. The number of sulfone groups is 1. The van der Waals surface area contributed by atoms with Gasteiger partial charge >= 0.3 is 0 Å². The Morgan fingerprint density at radius 2 is 1.50 bits per heavy atom. The number of nitrogens with one attached hydrogen (secondary N) is 1. The summed E-state index contributed by atoms with van der Waals surface area (Å²) in [7, 11) is -1.71. The molecular formula is C24H23NO4S. The Morgan fingerprint density at radius 1 is 0.900 bits per heavy atom. The van der Waals surface area contributed by atoms with Crippen LogP contribution in [0.25, 0.3) is 11.1 Å². The number of methoxy groups -OCH3 is 1. The molecule has 0 saturated carbocycles. The Balaban J connectivity index is 2.06. The number of aldehydes is 1. The van der Waals surface area contributed by atoms with E-state index in [0.29, 0.717) is 17.9 Å². The number of ether oxygens (including phenoxy) is 1. The summed E-state index contributed by atoms with van der Waals surface area (Å²) in [5.41, 5.74) is 3.72. The van der Waals surface area contributed by atoms with Crippen LogP contribution in [0.5, 0.6) is 5.75 Å². The molecule has 3 aromatic carbocycles. The van der Waals surface area contributed by atoms with Crippen LogP contribution in [0.2, 0.25) is 0 Å². The van der Waals surface area contributed by atoms with Crippen molar-refractivity contribution >= 4 is 33.0 Å². The van der Waals surface area contributed by atoms with Gasteiger partial charge in [-0.2, -0.15) is 0 Å². The molecule has 0 unspecified atom stereocenters. The molecule has 0 atom stereocenters. The van der Waals surface area contributed by atoms with Gasteiger partial charge < -0.3 is 10.1 Å². The van der Waals surface area contributed by atoms with Crippen LogP contribution in [0.1, 0.15) is 11.1 Å². The number of allylic oxidation sites excluding steroid dienone is 1. The lowest BCUT2D eigenvalue weighted by Gasteiger charge is -2.15. The van der Waals surface area contributed by atoms with Gasteiger partial charge in [-0.05, 0) is 53.1 Å². The lowest BCUT2D eigenvalue weighted by molar-refractivity contribution is -0.103. The van der Waals surface area contributed by atoms with Gasteiger partial charge in [0.2, 0.25) is 0 Å². The van der Waals surface area contributed by atoms with Crippen LogP contribution in [0.4, 0.5) is 5.69 Å². The maximum absolute atomic E-state index is 12.1. The van der Waals surface area contributed by atoms with Crippen molar-refractivity contribution < 1.29 is 17.9 Å². The molecule has 0 heterocycles. The van der Waals surface area contributed by atoms with E-state index in [1.54, 1.807) is 43.5 Å². The highest BCUT2D eigenvalue weighted by Crippen LogP contribution is 2.28. The SMILES string of the molecule is COc1ccc(/C(C=O)=C(/CNc2ccccc2)c2ccc(S(C)(=O)=O)cc2)cc1. The fraction of sp³-hybridized carbons (Fsp3) is 0.125. The number of hydrogen-bond acceptors (Lipinski definition) is 5. The molecule has 0 aliphatic carbocycles. The lowest BCUT2D eigenvalue weighted by atomic mass is 9.95. The second-order valence-electron chi connectivity index (χ2n) is 6.75. The van der Waals surface area contributed by atoms with Gasteiger partial charge in [-0.15, -0.1) is 0 Å². The number of anilines is 1. The third-order valence-electron chi connectivity index (χ3n) is 4.72. The minimum absolute atomic E-state index is 0.235. The largest absolute Gasteiger partial charge is 0.497 e. The molecule has 0 radical (unpaired) electrons. The number of rotatable bonds is 8. The van der Waals surface area contributed by atoms with Crippen molar-refractivity contribution in [3.63, 3.8) is 0 Å². The van der Waals surface area contributed by atoms with Crippen LogP contribution in [-0.2, 0) is 14.6 Å². The maximum atomic E-state index is 12.1.